The lowest BCUT2D eigenvalue weighted by Crippen LogP contribution is -2.40. The molecule has 24 heavy (non-hydrogen) atoms. The van der Waals surface area contributed by atoms with Crippen molar-refractivity contribution in [3.05, 3.63) is 29.6 Å². The first-order valence-corrected chi connectivity index (χ1v) is 8.02. The number of carbonyl (C=O) groups excluding carboxylic acids is 1. The molecule has 132 valence electrons. The summed E-state index contributed by atoms with van der Waals surface area (Å²) in [4.78, 5) is 24.5. The third-order valence-electron chi connectivity index (χ3n) is 4.16. The Kier molecular flexibility index (Phi) is 6.69. The second kappa shape index (κ2) is 8.75. The molecule has 1 fully saturated rings. The molecular formula is C17H23FN2O4. The molecule has 1 aliphatic rings. The molecule has 1 heterocycles. The highest BCUT2D eigenvalue weighted by atomic mass is 19.1. The van der Waals surface area contributed by atoms with Crippen LogP contribution >= 0.6 is 0 Å². The van der Waals surface area contributed by atoms with Gasteiger partial charge in [-0.05, 0) is 25.0 Å². The first-order valence-electron chi connectivity index (χ1n) is 8.02. The average molecular weight is 338 g/mol. The van der Waals surface area contributed by atoms with Crippen LogP contribution in [-0.4, -0.2) is 61.2 Å². The number of carboxylic acids is 1. The molecule has 2 rings (SSSR count). The standard InChI is InChI=1S/C17H23FN2O4/c1-24-11-15(21)13-3-2-4-14(17(13)18)19-12-5-8-20(9-6-12)10-7-16(22)23/h2-4,12,19H,5-11H2,1H3,(H,22,23). The smallest absolute Gasteiger partial charge is 0.304 e. The van der Waals surface area contributed by atoms with Gasteiger partial charge in [-0.1, -0.05) is 6.07 Å². The summed E-state index contributed by atoms with van der Waals surface area (Å²) < 4.78 is 19.2. The molecule has 6 nitrogen and oxygen atoms in total. The lowest BCUT2D eigenvalue weighted by Gasteiger charge is -2.32. The summed E-state index contributed by atoms with van der Waals surface area (Å²) in [6.07, 6.45) is 1.74. The molecule has 1 saturated heterocycles. The molecule has 1 aliphatic heterocycles. The van der Waals surface area contributed by atoms with Gasteiger partial charge in [0.2, 0.25) is 0 Å². The quantitative estimate of drug-likeness (QED) is 0.706. The molecule has 2 N–H and O–H groups in total. The van der Waals surface area contributed by atoms with Crippen molar-refractivity contribution >= 4 is 17.4 Å². The monoisotopic (exact) mass is 338 g/mol. The fourth-order valence-corrected chi connectivity index (χ4v) is 2.84. The number of aliphatic carboxylic acids is 1. The van der Waals surface area contributed by atoms with Crippen LogP contribution in [-0.2, 0) is 9.53 Å². The van der Waals surface area contributed by atoms with Crippen LogP contribution in [0.5, 0.6) is 0 Å². The predicted molar refractivity (Wildman–Crippen MR) is 87.9 cm³/mol. The lowest BCUT2D eigenvalue weighted by atomic mass is 10.0. The Hall–Kier alpha value is -1.99. The van der Waals surface area contributed by atoms with Crippen molar-refractivity contribution in [3.63, 3.8) is 0 Å². The number of hydrogen-bond acceptors (Lipinski definition) is 5. The number of methoxy groups -OCH3 is 1. The first-order chi connectivity index (χ1) is 11.5. The van der Waals surface area contributed by atoms with Gasteiger partial charge >= 0.3 is 5.97 Å². The fraction of sp³-hybridized carbons (Fsp3) is 0.529. The third-order valence-corrected chi connectivity index (χ3v) is 4.16. The molecule has 0 aliphatic carbocycles. The summed E-state index contributed by atoms with van der Waals surface area (Å²) in [6, 6.07) is 4.83. The van der Waals surface area contributed by atoms with E-state index in [1.807, 2.05) is 0 Å². The normalized spacial score (nSPS) is 16.1. The van der Waals surface area contributed by atoms with E-state index in [1.165, 1.54) is 13.2 Å². The molecule has 0 bridgehead atoms. The number of nitrogens with one attached hydrogen (secondary N) is 1. The van der Waals surface area contributed by atoms with Gasteiger partial charge in [0.15, 0.2) is 11.6 Å². The maximum Gasteiger partial charge on any atom is 0.304 e. The number of benzene rings is 1. The van der Waals surface area contributed by atoms with Crippen molar-refractivity contribution in [2.45, 2.75) is 25.3 Å². The zero-order chi connectivity index (χ0) is 17.5. The number of ether oxygens (including phenoxy) is 1. The van der Waals surface area contributed by atoms with Crippen molar-refractivity contribution in [1.29, 1.82) is 0 Å². The number of rotatable bonds is 8. The van der Waals surface area contributed by atoms with Gasteiger partial charge in [-0.25, -0.2) is 4.39 Å². The van der Waals surface area contributed by atoms with Crippen molar-refractivity contribution in [3.8, 4) is 0 Å². The molecule has 1 aromatic rings. The summed E-state index contributed by atoms with van der Waals surface area (Å²) >= 11 is 0. The highest BCUT2D eigenvalue weighted by molar-refractivity contribution is 5.98. The number of likely N-dealkylation sites (tertiary alicyclic amines) is 1. The van der Waals surface area contributed by atoms with E-state index in [-0.39, 0.29) is 30.4 Å². The zero-order valence-electron chi connectivity index (χ0n) is 13.8. The van der Waals surface area contributed by atoms with E-state index in [4.69, 9.17) is 9.84 Å². The van der Waals surface area contributed by atoms with Gasteiger partial charge in [-0.15, -0.1) is 0 Å². The highest BCUT2D eigenvalue weighted by Crippen LogP contribution is 2.22. The Bertz CT molecular complexity index is 586. The Morgan fingerprint density at radius 2 is 2.08 bits per heavy atom. The maximum absolute atomic E-state index is 14.5. The molecule has 1 aromatic carbocycles. The van der Waals surface area contributed by atoms with Gasteiger partial charge < -0.3 is 20.1 Å². The van der Waals surface area contributed by atoms with Crippen molar-refractivity contribution in [1.82, 2.24) is 4.90 Å². The summed E-state index contributed by atoms with van der Waals surface area (Å²) in [5, 5.41) is 11.9. The first kappa shape index (κ1) is 18.4. The van der Waals surface area contributed by atoms with Crippen LogP contribution in [0.2, 0.25) is 0 Å². The molecule has 7 heteroatoms. The summed E-state index contributed by atoms with van der Waals surface area (Å²) in [5.74, 6) is -1.73. The number of ketones is 1. The van der Waals surface area contributed by atoms with E-state index in [1.54, 1.807) is 12.1 Å². The van der Waals surface area contributed by atoms with Gasteiger partial charge in [-0.3, -0.25) is 9.59 Å². The van der Waals surface area contributed by atoms with E-state index < -0.39 is 11.8 Å². The van der Waals surface area contributed by atoms with Crippen molar-refractivity contribution < 1.29 is 23.8 Å². The van der Waals surface area contributed by atoms with Crippen LogP contribution in [0.25, 0.3) is 0 Å². The van der Waals surface area contributed by atoms with Gasteiger partial charge in [0.25, 0.3) is 0 Å². The van der Waals surface area contributed by atoms with Crippen LogP contribution in [0, 0.1) is 5.82 Å². The number of nitrogens with zero attached hydrogens (tertiary/aromatic N) is 1. The highest BCUT2D eigenvalue weighted by Gasteiger charge is 2.21. The number of Topliss-reactive ketones (excluding diaryl/α,β-unsaturated/α-hetero) is 1. The second-order valence-electron chi connectivity index (χ2n) is 5.93. The third kappa shape index (κ3) is 5.01. The molecule has 0 radical (unpaired) electrons. The Balaban J connectivity index is 1.92. The number of carboxylic acid groups (broad SMARTS) is 1. The molecule has 0 atom stereocenters. The summed E-state index contributed by atoms with van der Waals surface area (Å²) in [7, 11) is 1.40. The van der Waals surface area contributed by atoms with E-state index in [9.17, 15) is 14.0 Å². The predicted octanol–water partition coefficient (Wildman–Crippen LogP) is 2.01. The lowest BCUT2D eigenvalue weighted by molar-refractivity contribution is -0.137. The van der Waals surface area contributed by atoms with Crippen LogP contribution in [0.1, 0.15) is 29.6 Å². The molecule has 0 spiro atoms. The van der Waals surface area contributed by atoms with Crippen LogP contribution < -0.4 is 5.32 Å². The van der Waals surface area contributed by atoms with Crippen molar-refractivity contribution in [2.24, 2.45) is 0 Å². The molecular weight excluding hydrogens is 315 g/mol. The Morgan fingerprint density at radius 3 is 2.71 bits per heavy atom. The zero-order valence-corrected chi connectivity index (χ0v) is 13.8. The van der Waals surface area contributed by atoms with E-state index in [2.05, 4.69) is 10.2 Å². The second-order valence-corrected chi connectivity index (χ2v) is 5.93. The Labute approximate surface area is 140 Å². The molecule has 0 aromatic heterocycles. The van der Waals surface area contributed by atoms with Gasteiger partial charge in [-0.2, -0.15) is 0 Å². The van der Waals surface area contributed by atoms with Crippen LogP contribution in [0.4, 0.5) is 10.1 Å². The minimum atomic E-state index is -0.796. The summed E-state index contributed by atoms with van der Waals surface area (Å²) in [6.45, 7) is 1.93. The van der Waals surface area contributed by atoms with Crippen molar-refractivity contribution in [2.75, 3.05) is 38.7 Å². The SMILES string of the molecule is COCC(=O)c1cccc(NC2CCN(CCC(=O)O)CC2)c1F. The number of halogens is 1. The minimum Gasteiger partial charge on any atom is -0.481 e. The minimum absolute atomic E-state index is 0.0285. The van der Waals surface area contributed by atoms with Crippen LogP contribution in [0.15, 0.2) is 18.2 Å². The van der Waals surface area contributed by atoms with E-state index in [0.717, 1.165) is 25.9 Å². The number of carbonyl (C=O) groups is 2. The fourth-order valence-electron chi connectivity index (χ4n) is 2.84. The summed E-state index contributed by atoms with van der Waals surface area (Å²) in [5.41, 5.74) is 0.349. The molecule has 0 saturated carbocycles. The maximum atomic E-state index is 14.5. The number of anilines is 1. The van der Waals surface area contributed by atoms with Gasteiger partial charge in [0.1, 0.15) is 6.61 Å². The van der Waals surface area contributed by atoms with Gasteiger partial charge in [0.05, 0.1) is 17.7 Å². The number of piperidine rings is 1. The molecule has 0 amide bonds. The number of hydrogen-bond donors (Lipinski definition) is 2. The molecule has 0 unspecified atom stereocenters. The van der Waals surface area contributed by atoms with E-state index in [0.29, 0.717) is 12.2 Å². The average Bonchev–Trinajstić information content (AvgIpc) is 2.56. The van der Waals surface area contributed by atoms with Gasteiger partial charge in [0, 0.05) is 32.8 Å². The Morgan fingerprint density at radius 1 is 1.38 bits per heavy atom. The largest absolute Gasteiger partial charge is 0.481 e. The topological polar surface area (TPSA) is 78.9 Å². The van der Waals surface area contributed by atoms with Crippen LogP contribution in [0.3, 0.4) is 0 Å². The van der Waals surface area contributed by atoms with E-state index >= 15 is 0 Å².